The fourth-order valence-corrected chi connectivity index (χ4v) is 3.00. The minimum absolute atomic E-state index is 0.0504. The summed E-state index contributed by atoms with van der Waals surface area (Å²) >= 11 is 0. The van der Waals surface area contributed by atoms with Gasteiger partial charge in [-0.25, -0.2) is 4.98 Å². The molecule has 1 aromatic rings. The first kappa shape index (κ1) is 25.0. The summed E-state index contributed by atoms with van der Waals surface area (Å²) in [5.74, 6) is -0.292. The van der Waals surface area contributed by atoms with Gasteiger partial charge < -0.3 is 19.9 Å². The van der Waals surface area contributed by atoms with Crippen LogP contribution in [0.1, 0.15) is 56.2 Å². The van der Waals surface area contributed by atoms with Crippen LogP contribution in [0.5, 0.6) is 0 Å². The molecule has 1 heterocycles. The molecule has 0 saturated carbocycles. The molecular weight excluding hydrogens is 370 g/mol. The number of carbonyl (C=O) groups excluding carboxylic acids is 2. The molecule has 0 saturated heterocycles. The van der Waals surface area contributed by atoms with Crippen LogP contribution in [0.15, 0.2) is 12.4 Å². The highest BCUT2D eigenvalue weighted by Gasteiger charge is 2.19. The fraction of sp³-hybridized carbons (Fsp3) is 0.714. The van der Waals surface area contributed by atoms with Crippen molar-refractivity contribution >= 4 is 11.8 Å². The second-order valence-electron chi connectivity index (χ2n) is 7.22. The van der Waals surface area contributed by atoms with Gasteiger partial charge in [0.25, 0.3) is 5.91 Å². The van der Waals surface area contributed by atoms with Gasteiger partial charge in [-0.2, -0.15) is 0 Å². The molecule has 0 spiro atoms. The van der Waals surface area contributed by atoms with E-state index in [4.69, 9.17) is 4.74 Å². The molecule has 0 radical (unpaired) electrons. The van der Waals surface area contributed by atoms with E-state index in [2.05, 4.69) is 34.0 Å². The Morgan fingerprint density at radius 3 is 2.45 bits per heavy atom. The van der Waals surface area contributed by atoms with Gasteiger partial charge in [-0.3, -0.25) is 14.6 Å². The van der Waals surface area contributed by atoms with E-state index in [0.717, 1.165) is 38.2 Å². The molecular formula is C21H37N5O3. The highest BCUT2D eigenvalue weighted by atomic mass is 16.5. The van der Waals surface area contributed by atoms with E-state index < -0.39 is 0 Å². The number of methoxy groups -OCH3 is 1. The largest absolute Gasteiger partial charge is 0.383 e. The maximum Gasteiger partial charge on any atom is 0.274 e. The Morgan fingerprint density at radius 2 is 1.86 bits per heavy atom. The van der Waals surface area contributed by atoms with E-state index in [-0.39, 0.29) is 30.0 Å². The van der Waals surface area contributed by atoms with Crippen molar-refractivity contribution in [3.8, 4) is 0 Å². The van der Waals surface area contributed by atoms with Crippen molar-refractivity contribution in [1.82, 2.24) is 25.1 Å². The zero-order valence-corrected chi connectivity index (χ0v) is 18.6. The van der Waals surface area contributed by atoms with Crippen molar-refractivity contribution in [3.63, 3.8) is 0 Å². The first-order valence-corrected chi connectivity index (χ1v) is 10.5. The molecule has 1 N–H and O–H groups in total. The second-order valence-corrected chi connectivity index (χ2v) is 7.22. The number of aryl methyl sites for hydroxylation is 1. The number of ether oxygens (including phenoxy) is 1. The summed E-state index contributed by atoms with van der Waals surface area (Å²) in [5.41, 5.74) is 1.02. The molecule has 1 atom stereocenters. The van der Waals surface area contributed by atoms with Crippen LogP contribution in [-0.4, -0.2) is 84.1 Å². The number of aromatic nitrogens is 2. The number of amides is 2. The van der Waals surface area contributed by atoms with E-state index in [1.807, 2.05) is 13.8 Å². The number of hydrogen-bond donors (Lipinski definition) is 1. The number of carbonyl (C=O) groups is 2. The Hall–Kier alpha value is -2.06. The van der Waals surface area contributed by atoms with Gasteiger partial charge >= 0.3 is 0 Å². The van der Waals surface area contributed by atoms with Crippen LogP contribution < -0.4 is 5.32 Å². The van der Waals surface area contributed by atoms with E-state index in [0.29, 0.717) is 19.7 Å². The Morgan fingerprint density at radius 1 is 1.14 bits per heavy atom. The van der Waals surface area contributed by atoms with E-state index in [1.54, 1.807) is 18.2 Å². The molecule has 164 valence electrons. The molecule has 0 fully saturated rings. The Kier molecular flexibility index (Phi) is 12.1. The Bertz CT molecular complexity index is 605. The lowest BCUT2D eigenvalue weighted by atomic mass is 10.1. The van der Waals surface area contributed by atoms with Crippen molar-refractivity contribution in [3.05, 3.63) is 23.8 Å². The summed E-state index contributed by atoms with van der Waals surface area (Å²) in [4.78, 5) is 37.3. The Labute approximate surface area is 175 Å². The van der Waals surface area contributed by atoms with Crippen LogP contribution in [0.3, 0.4) is 0 Å². The molecule has 2 amide bonds. The van der Waals surface area contributed by atoms with Crippen molar-refractivity contribution < 1.29 is 14.3 Å². The van der Waals surface area contributed by atoms with Gasteiger partial charge in [0.2, 0.25) is 5.91 Å². The van der Waals surface area contributed by atoms with Crippen LogP contribution in [0, 0.1) is 6.92 Å². The van der Waals surface area contributed by atoms with Crippen molar-refractivity contribution in [2.45, 2.75) is 53.0 Å². The highest BCUT2D eigenvalue weighted by Crippen LogP contribution is 2.04. The van der Waals surface area contributed by atoms with Gasteiger partial charge in [-0.1, -0.05) is 13.8 Å². The molecule has 1 rings (SSSR count). The van der Waals surface area contributed by atoms with Crippen LogP contribution in [0.2, 0.25) is 0 Å². The third-order valence-corrected chi connectivity index (χ3v) is 4.87. The minimum atomic E-state index is -0.241. The number of nitrogens with zero attached hydrogens (tertiary/aromatic N) is 4. The minimum Gasteiger partial charge on any atom is -0.383 e. The molecule has 8 heteroatoms. The second kappa shape index (κ2) is 14.0. The molecule has 0 aliphatic heterocycles. The third-order valence-electron chi connectivity index (χ3n) is 4.87. The van der Waals surface area contributed by atoms with Gasteiger partial charge in [-0.05, 0) is 46.3 Å². The van der Waals surface area contributed by atoms with Gasteiger partial charge in [0.15, 0.2) is 0 Å². The summed E-state index contributed by atoms with van der Waals surface area (Å²) in [6, 6.07) is 0.115. The molecule has 29 heavy (non-hydrogen) atoms. The lowest BCUT2D eigenvalue weighted by Crippen LogP contribution is -2.39. The van der Waals surface area contributed by atoms with Crippen molar-refractivity contribution in [1.29, 1.82) is 0 Å². The van der Waals surface area contributed by atoms with Crippen LogP contribution >= 0.6 is 0 Å². The third kappa shape index (κ3) is 9.80. The highest BCUT2D eigenvalue weighted by molar-refractivity contribution is 5.92. The fourth-order valence-electron chi connectivity index (χ4n) is 3.00. The average molecular weight is 408 g/mol. The summed E-state index contributed by atoms with van der Waals surface area (Å²) in [5, 5.41) is 3.03. The molecule has 0 bridgehead atoms. The number of rotatable bonds is 14. The molecule has 0 unspecified atom stereocenters. The van der Waals surface area contributed by atoms with Crippen LogP contribution in [-0.2, 0) is 9.53 Å². The zero-order chi connectivity index (χ0) is 21.6. The van der Waals surface area contributed by atoms with Gasteiger partial charge in [-0.15, -0.1) is 0 Å². The van der Waals surface area contributed by atoms with Crippen LogP contribution in [0.4, 0.5) is 0 Å². The lowest BCUT2D eigenvalue weighted by Gasteiger charge is -2.23. The standard InChI is InChI=1S/C21H37N5O3/c1-6-25(7-2)11-8-9-17(3)24-20(27)10-12-26(13-14-29-5)21(28)19-16-22-18(4)15-23-19/h15-17H,6-14H2,1-5H3,(H,24,27)/t17-/m1/s1. The molecule has 0 aliphatic rings. The van der Waals surface area contributed by atoms with Crippen molar-refractivity contribution in [2.24, 2.45) is 0 Å². The predicted octanol–water partition coefficient (Wildman–Crippen LogP) is 1.89. The van der Waals surface area contributed by atoms with E-state index in [9.17, 15) is 9.59 Å². The number of hydrogen-bond acceptors (Lipinski definition) is 6. The summed E-state index contributed by atoms with van der Waals surface area (Å²) in [7, 11) is 1.58. The zero-order valence-electron chi connectivity index (χ0n) is 18.6. The normalized spacial score (nSPS) is 12.1. The topological polar surface area (TPSA) is 87.7 Å². The van der Waals surface area contributed by atoms with Crippen LogP contribution in [0.25, 0.3) is 0 Å². The van der Waals surface area contributed by atoms with Gasteiger partial charge in [0, 0.05) is 38.9 Å². The summed E-state index contributed by atoms with van der Waals surface area (Å²) in [6.45, 7) is 12.4. The first-order valence-electron chi connectivity index (χ1n) is 10.5. The average Bonchev–Trinajstić information content (AvgIpc) is 2.71. The maximum absolute atomic E-state index is 12.7. The predicted molar refractivity (Wildman–Crippen MR) is 114 cm³/mol. The monoisotopic (exact) mass is 407 g/mol. The molecule has 0 aromatic carbocycles. The summed E-state index contributed by atoms with van der Waals surface area (Å²) in [6.07, 6.45) is 5.26. The molecule has 1 aromatic heterocycles. The van der Waals surface area contributed by atoms with E-state index in [1.165, 1.54) is 6.20 Å². The lowest BCUT2D eigenvalue weighted by molar-refractivity contribution is -0.121. The smallest absolute Gasteiger partial charge is 0.274 e. The molecule has 8 nitrogen and oxygen atoms in total. The van der Waals surface area contributed by atoms with Gasteiger partial charge in [0.05, 0.1) is 18.5 Å². The molecule has 0 aliphatic carbocycles. The SMILES string of the molecule is CCN(CC)CCC[C@@H](C)NC(=O)CCN(CCOC)C(=O)c1cnc(C)cn1. The van der Waals surface area contributed by atoms with Gasteiger partial charge in [0.1, 0.15) is 5.69 Å². The van der Waals surface area contributed by atoms with E-state index >= 15 is 0 Å². The maximum atomic E-state index is 12.7. The number of nitrogens with one attached hydrogen (secondary N) is 1. The summed E-state index contributed by atoms with van der Waals surface area (Å²) < 4.78 is 5.10. The van der Waals surface area contributed by atoms with Crippen molar-refractivity contribution in [2.75, 3.05) is 46.4 Å². The first-order chi connectivity index (χ1) is 13.9. The quantitative estimate of drug-likeness (QED) is 0.507. The Balaban J connectivity index is 2.48.